The molecule has 2 rings (SSSR count). The Hall–Kier alpha value is -3.21. The Morgan fingerprint density at radius 2 is 1.52 bits per heavy atom. The number of nitrogens with one attached hydrogen (secondary N) is 1. The molecule has 1 aromatic rings. The van der Waals surface area contributed by atoms with Crippen molar-refractivity contribution in [3.05, 3.63) is 30.1 Å². The molecule has 1 fully saturated rings. The molecule has 31 heavy (non-hydrogen) atoms. The lowest BCUT2D eigenvalue weighted by atomic mass is 9.96. The molecule has 0 bridgehead atoms. The van der Waals surface area contributed by atoms with Crippen LogP contribution >= 0.6 is 0 Å². The fraction of sp³-hybridized carbons (Fsp3) is 0.500. The lowest BCUT2D eigenvalue weighted by Crippen LogP contribution is -2.67. The zero-order valence-electron chi connectivity index (χ0n) is 17.5. The second kappa shape index (κ2) is 10.7. The smallest absolute Gasteiger partial charge is 0.303 e. The third kappa shape index (κ3) is 7.21. The summed E-state index contributed by atoms with van der Waals surface area (Å²) in [5.74, 6) is -2.84. The van der Waals surface area contributed by atoms with Crippen LogP contribution in [0, 0.1) is 5.82 Å². The molecule has 1 aliphatic rings. The number of amides is 1. The summed E-state index contributed by atoms with van der Waals surface area (Å²) in [5.41, 5.74) is 0. The van der Waals surface area contributed by atoms with Gasteiger partial charge in [-0.25, -0.2) is 4.39 Å². The first-order chi connectivity index (χ1) is 14.6. The van der Waals surface area contributed by atoms with E-state index < -0.39 is 60.3 Å². The first-order valence-corrected chi connectivity index (χ1v) is 9.39. The van der Waals surface area contributed by atoms with E-state index in [0.717, 1.165) is 26.0 Å². The lowest BCUT2D eigenvalue weighted by molar-refractivity contribution is -0.257. The van der Waals surface area contributed by atoms with Crippen LogP contribution in [0.1, 0.15) is 27.7 Å². The van der Waals surface area contributed by atoms with Gasteiger partial charge in [0, 0.05) is 27.7 Å². The van der Waals surface area contributed by atoms with E-state index in [1.165, 1.54) is 26.0 Å². The van der Waals surface area contributed by atoms with Gasteiger partial charge in [0.05, 0.1) is 0 Å². The van der Waals surface area contributed by atoms with Crippen molar-refractivity contribution >= 4 is 23.8 Å². The zero-order chi connectivity index (χ0) is 23.1. The van der Waals surface area contributed by atoms with Crippen molar-refractivity contribution in [3.63, 3.8) is 0 Å². The summed E-state index contributed by atoms with van der Waals surface area (Å²) in [4.78, 5) is 46.6. The van der Waals surface area contributed by atoms with Crippen LogP contribution in [-0.4, -0.2) is 61.1 Å². The molecule has 0 aliphatic carbocycles. The summed E-state index contributed by atoms with van der Waals surface area (Å²) in [6, 6.07) is 3.89. The van der Waals surface area contributed by atoms with Gasteiger partial charge in [0.1, 0.15) is 30.3 Å². The van der Waals surface area contributed by atoms with Crippen molar-refractivity contribution in [2.45, 2.75) is 58.3 Å². The maximum absolute atomic E-state index is 13.2. The first-order valence-electron chi connectivity index (χ1n) is 9.39. The van der Waals surface area contributed by atoms with Crippen molar-refractivity contribution in [1.29, 1.82) is 0 Å². The van der Waals surface area contributed by atoms with Gasteiger partial charge < -0.3 is 29.0 Å². The molecular formula is C20H24FNO9. The quantitative estimate of drug-likeness (QED) is 0.484. The number of benzene rings is 1. The predicted molar refractivity (Wildman–Crippen MR) is 101 cm³/mol. The number of hydrogen-bond donors (Lipinski definition) is 1. The second-order valence-electron chi connectivity index (χ2n) is 6.79. The van der Waals surface area contributed by atoms with Gasteiger partial charge in [-0.1, -0.05) is 0 Å². The van der Waals surface area contributed by atoms with E-state index in [4.69, 9.17) is 23.7 Å². The van der Waals surface area contributed by atoms with E-state index in [1.54, 1.807) is 0 Å². The highest BCUT2D eigenvalue weighted by Crippen LogP contribution is 2.29. The van der Waals surface area contributed by atoms with E-state index in [1.807, 2.05) is 0 Å². The zero-order valence-corrected chi connectivity index (χ0v) is 17.5. The van der Waals surface area contributed by atoms with Crippen molar-refractivity contribution in [1.82, 2.24) is 5.32 Å². The largest absolute Gasteiger partial charge is 0.463 e. The highest BCUT2D eigenvalue weighted by molar-refractivity contribution is 5.73. The third-order valence-corrected chi connectivity index (χ3v) is 4.14. The maximum atomic E-state index is 13.2. The first kappa shape index (κ1) is 24.1. The van der Waals surface area contributed by atoms with Crippen LogP contribution in [0.5, 0.6) is 5.75 Å². The van der Waals surface area contributed by atoms with Gasteiger partial charge >= 0.3 is 17.9 Å². The van der Waals surface area contributed by atoms with Gasteiger partial charge in [-0.15, -0.1) is 0 Å². The molecule has 10 nitrogen and oxygen atoms in total. The monoisotopic (exact) mass is 441 g/mol. The summed E-state index contributed by atoms with van der Waals surface area (Å²) in [6.07, 6.45) is -4.80. The summed E-state index contributed by atoms with van der Waals surface area (Å²) in [7, 11) is 0. The molecule has 0 radical (unpaired) electrons. The lowest BCUT2D eigenvalue weighted by Gasteiger charge is -2.44. The highest BCUT2D eigenvalue weighted by Gasteiger charge is 2.51. The number of carbonyl (C=O) groups excluding carboxylic acids is 4. The van der Waals surface area contributed by atoms with Crippen LogP contribution in [0.25, 0.3) is 0 Å². The van der Waals surface area contributed by atoms with Crippen LogP contribution in [0.3, 0.4) is 0 Å². The van der Waals surface area contributed by atoms with Gasteiger partial charge in [-0.05, 0) is 24.3 Å². The number of hydrogen-bond acceptors (Lipinski definition) is 9. The summed E-state index contributed by atoms with van der Waals surface area (Å²) < 4.78 is 40.4. The molecule has 0 unspecified atom stereocenters. The Balaban J connectivity index is 2.43. The van der Waals surface area contributed by atoms with Crippen molar-refractivity contribution in [3.8, 4) is 5.75 Å². The number of ether oxygens (including phenoxy) is 5. The topological polar surface area (TPSA) is 126 Å². The van der Waals surface area contributed by atoms with Gasteiger partial charge in [0.15, 0.2) is 12.2 Å². The van der Waals surface area contributed by atoms with Crippen molar-refractivity contribution < 1.29 is 47.3 Å². The number of carbonyl (C=O) groups is 4. The fourth-order valence-electron chi connectivity index (χ4n) is 3.04. The SMILES string of the molecule is CC(=O)N[C@H]1[C@H](Oc2ccc(F)cc2)O[C@H](COC(C)=O)[C@@H](OC(C)=O)[C@@H]1OC(C)=O. The average molecular weight is 441 g/mol. The Labute approximate surface area is 177 Å². The van der Waals surface area contributed by atoms with Gasteiger partial charge in [0.2, 0.25) is 12.2 Å². The summed E-state index contributed by atoms with van der Waals surface area (Å²) >= 11 is 0. The maximum Gasteiger partial charge on any atom is 0.303 e. The molecule has 0 saturated carbocycles. The van der Waals surface area contributed by atoms with Gasteiger partial charge in [-0.2, -0.15) is 0 Å². The van der Waals surface area contributed by atoms with Crippen LogP contribution in [-0.2, 0) is 38.1 Å². The van der Waals surface area contributed by atoms with E-state index in [-0.39, 0.29) is 12.4 Å². The number of halogens is 1. The standard InChI is InChI=1S/C20H24FNO9/c1-10(23)22-17-19(29-13(4)26)18(28-12(3)25)16(9-27-11(2)24)31-20(17)30-15-7-5-14(21)6-8-15/h5-8,16-20H,9H2,1-4H3,(H,22,23)/t16-,17-,18-,19-,20-/m1/s1. The highest BCUT2D eigenvalue weighted by atomic mass is 19.1. The Morgan fingerprint density at radius 1 is 0.935 bits per heavy atom. The number of rotatable bonds is 7. The molecule has 11 heteroatoms. The number of esters is 3. The van der Waals surface area contributed by atoms with Crippen LogP contribution in [0.15, 0.2) is 24.3 Å². The minimum atomic E-state index is -1.26. The Morgan fingerprint density at radius 3 is 2.03 bits per heavy atom. The van der Waals surface area contributed by atoms with E-state index in [2.05, 4.69) is 5.32 Å². The van der Waals surface area contributed by atoms with Crippen LogP contribution in [0.4, 0.5) is 4.39 Å². The molecule has 1 heterocycles. The van der Waals surface area contributed by atoms with E-state index in [0.29, 0.717) is 0 Å². The normalized spacial score (nSPS) is 25.1. The molecule has 0 aromatic heterocycles. The predicted octanol–water partition coefficient (Wildman–Crippen LogP) is 0.861. The third-order valence-electron chi connectivity index (χ3n) is 4.14. The molecule has 1 saturated heterocycles. The van der Waals surface area contributed by atoms with Crippen LogP contribution in [0.2, 0.25) is 0 Å². The molecule has 1 aliphatic heterocycles. The Bertz CT molecular complexity index is 813. The van der Waals surface area contributed by atoms with E-state index >= 15 is 0 Å². The molecule has 1 amide bonds. The molecule has 5 atom stereocenters. The van der Waals surface area contributed by atoms with Crippen molar-refractivity contribution in [2.24, 2.45) is 0 Å². The molecular weight excluding hydrogens is 417 g/mol. The van der Waals surface area contributed by atoms with Crippen LogP contribution < -0.4 is 10.1 Å². The van der Waals surface area contributed by atoms with Gasteiger partial charge in [-0.3, -0.25) is 19.2 Å². The second-order valence-corrected chi connectivity index (χ2v) is 6.79. The summed E-state index contributed by atoms with van der Waals surface area (Å²) in [6.45, 7) is 4.34. The van der Waals surface area contributed by atoms with E-state index in [9.17, 15) is 23.6 Å². The molecule has 0 spiro atoms. The minimum Gasteiger partial charge on any atom is -0.463 e. The summed E-state index contributed by atoms with van der Waals surface area (Å²) in [5, 5.41) is 2.57. The average Bonchev–Trinajstić information content (AvgIpc) is 2.65. The molecule has 1 N–H and O–H groups in total. The Kier molecular flexibility index (Phi) is 8.31. The molecule has 170 valence electrons. The van der Waals surface area contributed by atoms with Crippen molar-refractivity contribution in [2.75, 3.05) is 6.61 Å². The molecule has 1 aromatic carbocycles. The minimum absolute atomic E-state index is 0.195. The van der Waals surface area contributed by atoms with Gasteiger partial charge in [0.25, 0.3) is 0 Å². The fourth-order valence-corrected chi connectivity index (χ4v) is 3.04.